The van der Waals surface area contributed by atoms with E-state index in [9.17, 15) is 4.79 Å². The van der Waals surface area contributed by atoms with Crippen LogP contribution >= 0.6 is 12.4 Å². The van der Waals surface area contributed by atoms with Gasteiger partial charge in [0, 0.05) is 24.7 Å². The van der Waals surface area contributed by atoms with Crippen molar-refractivity contribution in [2.45, 2.75) is 31.8 Å². The van der Waals surface area contributed by atoms with Crippen molar-refractivity contribution in [1.29, 1.82) is 0 Å². The van der Waals surface area contributed by atoms with E-state index in [0.717, 1.165) is 23.6 Å². The molecule has 1 saturated heterocycles. The summed E-state index contributed by atoms with van der Waals surface area (Å²) in [4.78, 5) is 14.4. The van der Waals surface area contributed by atoms with Crippen molar-refractivity contribution in [2.75, 3.05) is 6.54 Å². The van der Waals surface area contributed by atoms with Gasteiger partial charge in [-0.05, 0) is 42.9 Å². The summed E-state index contributed by atoms with van der Waals surface area (Å²) in [5.74, 6) is 0.952. The fourth-order valence-electron chi connectivity index (χ4n) is 3.12. The molecule has 1 heterocycles. The van der Waals surface area contributed by atoms with E-state index in [-0.39, 0.29) is 18.3 Å². The Hall–Kier alpha value is -1.06. The van der Waals surface area contributed by atoms with Gasteiger partial charge in [0.05, 0.1) is 0 Å². The summed E-state index contributed by atoms with van der Waals surface area (Å²) in [6, 6.07) is 8.19. The molecule has 2 fully saturated rings. The van der Waals surface area contributed by atoms with E-state index in [1.54, 1.807) is 0 Å². The lowest BCUT2D eigenvalue weighted by Gasteiger charge is -2.27. The summed E-state index contributed by atoms with van der Waals surface area (Å²) in [7, 11) is 0. The van der Waals surface area contributed by atoms with Gasteiger partial charge in [0.25, 0.3) is 5.91 Å². The molecule has 1 aromatic rings. The number of carbonyl (C=O) groups excluding carboxylic acids is 1. The number of piperidine rings is 1. The second-order valence-corrected chi connectivity index (χ2v) is 5.19. The molecule has 3 nitrogen and oxygen atoms in total. The summed E-state index contributed by atoms with van der Waals surface area (Å²) in [6.07, 6.45) is 3.71. The van der Waals surface area contributed by atoms with Gasteiger partial charge in [-0.1, -0.05) is 12.1 Å². The highest BCUT2D eigenvalue weighted by molar-refractivity contribution is 5.94. The van der Waals surface area contributed by atoms with Gasteiger partial charge in [-0.3, -0.25) is 4.79 Å². The Labute approximate surface area is 114 Å². The lowest BCUT2D eigenvalue weighted by molar-refractivity contribution is 0.0703. The van der Waals surface area contributed by atoms with Crippen LogP contribution in [0.15, 0.2) is 24.3 Å². The zero-order chi connectivity index (χ0) is 11.8. The Kier molecular flexibility index (Phi) is 3.93. The molecule has 1 aliphatic carbocycles. The first kappa shape index (κ1) is 13.4. The van der Waals surface area contributed by atoms with E-state index >= 15 is 0 Å². The smallest absolute Gasteiger partial charge is 0.254 e. The van der Waals surface area contributed by atoms with E-state index in [1.807, 2.05) is 24.3 Å². The zero-order valence-corrected chi connectivity index (χ0v) is 11.2. The minimum Gasteiger partial charge on any atom is -0.335 e. The van der Waals surface area contributed by atoms with Crippen molar-refractivity contribution >= 4 is 18.3 Å². The number of rotatable bonds is 2. The lowest BCUT2D eigenvalue weighted by Crippen LogP contribution is -2.37. The molecule has 1 aromatic carbocycles. The fourth-order valence-corrected chi connectivity index (χ4v) is 3.12. The topological polar surface area (TPSA) is 46.3 Å². The third kappa shape index (κ3) is 2.25. The third-order valence-corrected chi connectivity index (χ3v) is 4.11. The molecule has 98 valence electrons. The number of nitrogens with two attached hydrogens (primary N) is 1. The average molecular weight is 267 g/mol. The second-order valence-electron chi connectivity index (χ2n) is 5.19. The Bertz CT molecular complexity index is 432. The van der Waals surface area contributed by atoms with Gasteiger partial charge in [0.15, 0.2) is 0 Å². The van der Waals surface area contributed by atoms with Crippen LogP contribution in [0.3, 0.4) is 0 Å². The van der Waals surface area contributed by atoms with Crippen molar-refractivity contribution < 1.29 is 4.79 Å². The third-order valence-electron chi connectivity index (χ3n) is 4.11. The van der Waals surface area contributed by atoms with E-state index in [4.69, 9.17) is 5.73 Å². The first-order chi connectivity index (χ1) is 8.28. The molecule has 0 aromatic heterocycles. The van der Waals surface area contributed by atoms with Crippen LogP contribution in [0.2, 0.25) is 0 Å². The number of nitrogens with zero attached hydrogens (tertiary/aromatic N) is 1. The predicted molar refractivity (Wildman–Crippen MR) is 73.7 cm³/mol. The fraction of sp³-hybridized carbons (Fsp3) is 0.500. The van der Waals surface area contributed by atoms with Crippen LogP contribution in [0.1, 0.15) is 35.2 Å². The SMILES string of the molecule is Cl.NCc1ccc(C(=O)N2CC3CCC2C3)cc1. The molecule has 0 radical (unpaired) electrons. The second kappa shape index (κ2) is 5.29. The molecule has 1 saturated carbocycles. The molecular weight excluding hydrogens is 248 g/mol. The molecule has 2 N–H and O–H groups in total. The zero-order valence-electron chi connectivity index (χ0n) is 10.3. The molecule has 0 spiro atoms. The van der Waals surface area contributed by atoms with Gasteiger partial charge in [-0.2, -0.15) is 0 Å². The van der Waals surface area contributed by atoms with E-state index in [2.05, 4.69) is 4.90 Å². The Morgan fingerprint density at radius 1 is 1.28 bits per heavy atom. The predicted octanol–water partition coefficient (Wildman–Crippen LogP) is 2.19. The number of hydrogen-bond donors (Lipinski definition) is 1. The summed E-state index contributed by atoms with van der Waals surface area (Å²) in [5, 5.41) is 0. The van der Waals surface area contributed by atoms with Crippen LogP contribution in [-0.2, 0) is 6.54 Å². The number of likely N-dealkylation sites (tertiary alicyclic amines) is 1. The lowest BCUT2D eigenvalue weighted by atomic mass is 10.1. The van der Waals surface area contributed by atoms with E-state index in [1.165, 1.54) is 19.3 Å². The minimum atomic E-state index is 0. The van der Waals surface area contributed by atoms with E-state index < -0.39 is 0 Å². The maximum atomic E-state index is 12.3. The number of carbonyl (C=O) groups is 1. The molecular formula is C14H19ClN2O. The number of amides is 1. The van der Waals surface area contributed by atoms with Crippen molar-refractivity contribution in [2.24, 2.45) is 11.7 Å². The molecule has 18 heavy (non-hydrogen) atoms. The van der Waals surface area contributed by atoms with Crippen molar-refractivity contribution in [3.05, 3.63) is 35.4 Å². The maximum absolute atomic E-state index is 12.3. The van der Waals surface area contributed by atoms with Gasteiger partial charge >= 0.3 is 0 Å². The summed E-state index contributed by atoms with van der Waals surface area (Å²) < 4.78 is 0. The van der Waals surface area contributed by atoms with Crippen LogP contribution in [0, 0.1) is 5.92 Å². The number of benzene rings is 1. The van der Waals surface area contributed by atoms with Crippen LogP contribution in [0.25, 0.3) is 0 Å². The quantitative estimate of drug-likeness (QED) is 0.892. The molecule has 1 aliphatic heterocycles. The van der Waals surface area contributed by atoms with E-state index in [0.29, 0.717) is 12.6 Å². The molecule has 2 aliphatic rings. The summed E-state index contributed by atoms with van der Waals surface area (Å²) in [6.45, 7) is 1.49. The Morgan fingerprint density at radius 2 is 2.00 bits per heavy atom. The molecule has 2 bridgehead atoms. The van der Waals surface area contributed by atoms with Crippen LogP contribution in [0.5, 0.6) is 0 Å². The standard InChI is InChI=1S/C14H18N2O.ClH/c15-8-10-1-4-12(5-2-10)14(17)16-9-11-3-6-13(16)7-11;/h1-2,4-5,11,13H,3,6-9,15H2;1H. The van der Waals surface area contributed by atoms with Crippen molar-refractivity contribution in [3.63, 3.8) is 0 Å². The Morgan fingerprint density at radius 3 is 2.50 bits per heavy atom. The normalized spacial score (nSPS) is 25.1. The van der Waals surface area contributed by atoms with Crippen LogP contribution in [0.4, 0.5) is 0 Å². The highest BCUT2D eigenvalue weighted by Crippen LogP contribution is 2.38. The van der Waals surface area contributed by atoms with Crippen molar-refractivity contribution in [3.8, 4) is 0 Å². The van der Waals surface area contributed by atoms with Crippen LogP contribution < -0.4 is 5.73 Å². The van der Waals surface area contributed by atoms with Gasteiger partial charge < -0.3 is 10.6 Å². The molecule has 2 unspecified atom stereocenters. The molecule has 2 atom stereocenters. The highest BCUT2D eigenvalue weighted by atomic mass is 35.5. The Balaban J connectivity index is 0.00000120. The van der Waals surface area contributed by atoms with Gasteiger partial charge in [-0.25, -0.2) is 0 Å². The van der Waals surface area contributed by atoms with Crippen LogP contribution in [-0.4, -0.2) is 23.4 Å². The van der Waals surface area contributed by atoms with Gasteiger partial charge in [0.1, 0.15) is 0 Å². The summed E-state index contributed by atoms with van der Waals surface area (Å²) in [5.41, 5.74) is 7.43. The molecule has 3 rings (SSSR count). The minimum absolute atomic E-state index is 0. The molecule has 1 amide bonds. The number of fused-ring (bicyclic) bond motifs is 2. The first-order valence-corrected chi connectivity index (χ1v) is 6.38. The average Bonchev–Trinajstić information content (AvgIpc) is 3.00. The maximum Gasteiger partial charge on any atom is 0.254 e. The number of halogens is 1. The largest absolute Gasteiger partial charge is 0.335 e. The monoisotopic (exact) mass is 266 g/mol. The first-order valence-electron chi connectivity index (χ1n) is 6.38. The molecule has 4 heteroatoms. The number of hydrogen-bond acceptors (Lipinski definition) is 2. The van der Waals surface area contributed by atoms with Crippen molar-refractivity contribution in [1.82, 2.24) is 4.90 Å². The van der Waals surface area contributed by atoms with Gasteiger partial charge in [0.2, 0.25) is 0 Å². The van der Waals surface area contributed by atoms with Gasteiger partial charge in [-0.15, -0.1) is 12.4 Å². The highest BCUT2D eigenvalue weighted by Gasteiger charge is 2.40. The summed E-state index contributed by atoms with van der Waals surface area (Å²) >= 11 is 0.